The average Bonchev–Trinajstić information content (AvgIpc) is 3.18. The van der Waals surface area contributed by atoms with Gasteiger partial charge in [0.1, 0.15) is 24.2 Å². The van der Waals surface area contributed by atoms with Crippen molar-refractivity contribution in [1.82, 2.24) is 9.88 Å². The first-order chi connectivity index (χ1) is 16.0. The summed E-state index contributed by atoms with van der Waals surface area (Å²) in [5.41, 5.74) is 2.55. The average molecular weight is 462 g/mol. The summed E-state index contributed by atoms with van der Waals surface area (Å²) in [5.74, 6) is -0.0221. The number of aromatic nitrogens is 1. The van der Waals surface area contributed by atoms with E-state index in [9.17, 15) is 14.0 Å². The summed E-state index contributed by atoms with van der Waals surface area (Å²) in [6.07, 6.45) is 4.69. The predicted octanol–water partition coefficient (Wildman–Crippen LogP) is 4.83. The monoisotopic (exact) mass is 461 g/mol. The molecule has 2 amide bonds. The number of rotatable bonds is 8. The van der Waals surface area contributed by atoms with Crippen LogP contribution < -0.4 is 4.74 Å². The van der Waals surface area contributed by atoms with Gasteiger partial charge in [-0.05, 0) is 59.9 Å². The molecule has 0 saturated carbocycles. The lowest BCUT2D eigenvalue weighted by Crippen LogP contribution is -2.43. The van der Waals surface area contributed by atoms with E-state index in [0.29, 0.717) is 18.6 Å². The molecule has 2 aromatic carbocycles. The van der Waals surface area contributed by atoms with Crippen LogP contribution in [0.3, 0.4) is 0 Å². The number of aryl methyl sites for hydroxylation is 1. The molecule has 0 radical (unpaired) electrons. The molecule has 0 N–H and O–H groups in total. The van der Waals surface area contributed by atoms with E-state index in [1.54, 1.807) is 30.6 Å². The molecule has 1 aromatic heterocycles. The summed E-state index contributed by atoms with van der Waals surface area (Å²) in [6, 6.07) is 16.8. The first-order valence-corrected chi connectivity index (χ1v) is 11.3. The van der Waals surface area contributed by atoms with Crippen molar-refractivity contribution < 1.29 is 18.7 Å². The summed E-state index contributed by atoms with van der Waals surface area (Å²) < 4.78 is 19.5. The van der Waals surface area contributed by atoms with E-state index in [0.717, 1.165) is 28.5 Å². The van der Waals surface area contributed by atoms with Gasteiger partial charge in [-0.15, -0.1) is 0 Å². The lowest BCUT2D eigenvalue weighted by molar-refractivity contribution is -0.126. The minimum atomic E-state index is -0.553. The van der Waals surface area contributed by atoms with E-state index in [1.165, 1.54) is 17.0 Å². The molecule has 1 atom stereocenters. The zero-order valence-electron chi connectivity index (χ0n) is 17.6. The van der Waals surface area contributed by atoms with Crippen LogP contribution >= 0.6 is 11.8 Å². The number of halogens is 1. The first kappa shape index (κ1) is 22.5. The van der Waals surface area contributed by atoms with Crippen molar-refractivity contribution in [3.8, 4) is 22.9 Å². The van der Waals surface area contributed by atoms with Gasteiger partial charge in [0.15, 0.2) is 0 Å². The standard InChI is InChI=1S/C25H20FN3O3S/c26-23-10-6-19(12-20(23)13-27)18-4-8-22(9-5-18)32-15-21(29-24(30)16-33-25(29)31)7-3-17-2-1-11-28-14-17/h1-2,4-6,8-12,14,21H,3,7,15-16H2. The molecule has 1 unspecified atom stereocenters. The number of carbonyl (C=O) groups excluding carboxylic acids is 2. The maximum Gasteiger partial charge on any atom is 0.289 e. The van der Waals surface area contributed by atoms with Crippen molar-refractivity contribution in [2.45, 2.75) is 18.9 Å². The molecule has 1 aliphatic rings. The van der Waals surface area contributed by atoms with Gasteiger partial charge in [-0.1, -0.05) is 36.0 Å². The Morgan fingerprint density at radius 2 is 1.94 bits per heavy atom. The number of thioether (sulfide) groups is 1. The molecular formula is C25H20FN3O3S. The maximum atomic E-state index is 13.6. The highest BCUT2D eigenvalue weighted by molar-refractivity contribution is 8.14. The highest BCUT2D eigenvalue weighted by atomic mass is 32.2. The molecule has 0 bridgehead atoms. The van der Waals surface area contributed by atoms with Crippen molar-refractivity contribution in [3.63, 3.8) is 0 Å². The van der Waals surface area contributed by atoms with Crippen molar-refractivity contribution in [3.05, 3.63) is 83.9 Å². The van der Waals surface area contributed by atoms with Crippen molar-refractivity contribution >= 4 is 22.9 Å². The van der Waals surface area contributed by atoms with E-state index < -0.39 is 11.9 Å². The van der Waals surface area contributed by atoms with Gasteiger partial charge < -0.3 is 4.74 Å². The number of hydrogen-bond donors (Lipinski definition) is 0. The quantitative estimate of drug-likeness (QED) is 0.478. The largest absolute Gasteiger partial charge is 0.491 e. The number of pyridine rings is 1. The minimum absolute atomic E-state index is 0.0119. The second-order valence-corrected chi connectivity index (χ2v) is 8.44. The van der Waals surface area contributed by atoms with Crippen LogP contribution in [0, 0.1) is 17.1 Å². The topological polar surface area (TPSA) is 83.3 Å². The maximum absolute atomic E-state index is 13.6. The number of nitriles is 1. The summed E-state index contributed by atoms with van der Waals surface area (Å²) in [6.45, 7) is 0.173. The fourth-order valence-corrected chi connectivity index (χ4v) is 4.39. The smallest absolute Gasteiger partial charge is 0.289 e. The third-order valence-electron chi connectivity index (χ3n) is 5.36. The SMILES string of the molecule is N#Cc1cc(-c2ccc(OCC(CCc3cccnc3)N3C(=O)CSC3=O)cc2)ccc1F. The zero-order chi connectivity index (χ0) is 23.2. The van der Waals surface area contributed by atoms with Gasteiger partial charge in [0.25, 0.3) is 5.24 Å². The number of nitrogens with zero attached hydrogens (tertiary/aromatic N) is 3. The van der Waals surface area contributed by atoms with Crippen LogP contribution in [0.2, 0.25) is 0 Å². The third kappa shape index (κ3) is 5.38. The summed E-state index contributed by atoms with van der Waals surface area (Å²) in [4.78, 5) is 30.0. The molecule has 1 fully saturated rings. The van der Waals surface area contributed by atoms with Crippen LogP contribution in [0.15, 0.2) is 67.0 Å². The lowest BCUT2D eigenvalue weighted by atomic mass is 10.0. The van der Waals surface area contributed by atoms with Crippen LogP contribution in [0.25, 0.3) is 11.1 Å². The Labute approximate surface area is 195 Å². The Balaban J connectivity index is 1.45. The zero-order valence-corrected chi connectivity index (χ0v) is 18.4. The third-order valence-corrected chi connectivity index (χ3v) is 6.19. The van der Waals surface area contributed by atoms with Gasteiger partial charge in [0.2, 0.25) is 5.91 Å². The second kappa shape index (κ2) is 10.3. The van der Waals surface area contributed by atoms with E-state index in [-0.39, 0.29) is 29.1 Å². The number of ether oxygens (including phenoxy) is 1. The molecule has 3 aromatic rings. The number of carbonyl (C=O) groups is 2. The molecular weight excluding hydrogens is 441 g/mol. The Bertz CT molecular complexity index is 1180. The minimum Gasteiger partial charge on any atom is -0.491 e. The van der Waals surface area contributed by atoms with Crippen molar-refractivity contribution in [1.29, 1.82) is 5.26 Å². The molecule has 0 aliphatic carbocycles. The van der Waals surface area contributed by atoms with Gasteiger partial charge in [0, 0.05) is 12.4 Å². The van der Waals surface area contributed by atoms with Gasteiger partial charge >= 0.3 is 0 Å². The highest BCUT2D eigenvalue weighted by Gasteiger charge is 2.36. The van der Waals surface area contributed by atoms with Crippen LogP contribution in [0.4, 0.5) is 9.18 Å². The highest BCUT2D eigenvalue weighted by Crippen LogP contribution is 2.27. The Kier molecular flexibility index (Phi) is 7.01. The molecule has 8 heteroatoms. The molecule has 33 heavy (non-hydrogen) atoms. The van der Waals surface area contributed by atoms with Gasteiger partial charge in [-0.2, -0.15) is 5.26 Å². The molecule has 1 aliphatic heterocycles. The van der Waals surface area contributed by atoms with E-state index in [1.807, 2.05) is 30.3 Å². The van der Waals surface area contributed by atoms with E-state index in [4.69, 9.17) is 10.00 Å². The van der Waals surface area contributed by atoms with Crippen LogP contribution in [0.1, 0.15) is 17.5 Å². The normalized spacial score (nSPS) is 14.2. The van der Waals surface area contributed by atoms with Crippen LogP contribution in [-0.2, 0) is 11.2 Å². The molecule has 4 rings (SSSR count). The fraction of sp³-hybridized carbons (Fsp3) is 0.200. The van der Waals surface area contributed by atoms with Crippen molar-refractivity contribution in [2.24, 2.45) is 0 Å². The summed E-state index contributed by atoms with van der Waals surface area (Å²) in [5, 5.41) is 8.78. The first-order valence-electron chi connectivity index (χ1n) is 10.4. The molecule has 0 spiro atoms. The van der Waals surface area contributed by atoms with Crippen LogP contribution in [-0.4, -0.2) is 39.4 Å². The molecule has 2 heterocycles. The lowest BCUT2D eigenvalue weighted by Gasteiger charge is -2.25. The van der Waals surface area contributed by atoms with Crippen molar-refractivity contribution in [2.75, 3.05) is 12.4 Å². The summed E-state index contributed by atoms with van der Waals surface area (Å²) in [7, 11) is 0. The number of benzene rings is 2. The molecule has 166 valence electrons. The Morgan fingerprint density at radius 1 is 1.15 bits per heavy atom. The molecule has 1 saturated heterocycles. The van der Waals surface area contributed by atoms with Gasteiger partial charge in [0.05, 0.1) is 17.4 Å². The van der Waals surface area contributed by atoms with E-state index >= 15 is 0 Å². The number of imide groups is 1. The summed E-state index contributed by atoms with van der Waals surface area (Å²) >= 11 is 1.01. The van der Waals surface area contributed by atoms with Crippen LogP contribution in [0.5, 0.6) is 5.75 Å². The fourth-order valence-electron chi connectivity index (χ4n) is 3.61. The van der Waals surface area contributed by atoms with E-state index in [2.05, 4.69) is 4.98 Å². The van der Waals surface area contributed by atoms with Gasteiger partial charge in [-0.25, -0.2) is 4.39 Å². The predicted molar refractivity (Wildman–Crippen MR) is 123 cm³/mol. The molecule has 6 nitrogen and oxygen atoms in total. The van der Waals surface area contributed by atoms with Gasteiger partial charge in [-0.3, -0.25) is 19.5 Å². The number of hydrogen-bond acceptors (Lipinski definition) is 6. The second-order valence-electron chi connectivity index (χ2n) is 7.51. The Morgan fingerprint density at radius 3 is 2.61 bits per heavy atom. The Hall–Kier alpha value is -3.70. The number of amides is 2.